The number of halogens is 4. The Labute approximate surface area is 127 Å². The van der Waals surface area contributed by atoms with Crippen molar-refractivity contribution in [3.8, 4) is 0 Å². The average molecular weight is 328 g/mol. The van der Waals surface area contributed by atoms with Gasteiger partial charge in [0.05, 0.1) is 23.0 Å². The molecule has 4 nitrogen and oxygen atoms in total. The van der Waals surface area contributed by atoms with Gasteiger partial charge in [-0.15, -0.1) is 0 Å². The summed E-state index contributed by atoms with van der Waals surface area (Å²) >= 11 is 6.16. The minimum Gasteiger partial charge on any atom is -0.372 e. The summed E-state index contributed by atoms with van der Waals surface area (Å²) in [5, 5.41) is 7.93. The standard InChI is InChI=1S/C13H21ClF3N3O/c1-4-18-11(5-6-21-8-13(15,16)17)12-10(14)7-19-20(12)9(2)3/h7,9,11,18H,4-6,8H2,1-3H3. The molecule has 1 atom stereocenters. The Morgan fingerprint density at radius 1 is 1.43 bits per heavy atom. The zero-order valence-electron chi connectivity index (χ0n) is 12.4. The van der Waals surface area contributed by atoms with Crippen molar-refractivity contribution in [3.63, 3.8) is 0 Å². The average Bonchev–Trinajstić information content (AvgIpc) is 2.74. The molecular formula is C13H21ClF3N3O. The molecule has 0 saturated heterocycles. The molecule has 0 aromatic carbocycles. The molecular weight excluding hydrogens is 307 g/mol. The zero-order chi connectivity index (χ0) is 16.0. The lowest BCUT2D eigenvalue weighted by Gasteiger charge is -2.22. The Balaban J connectivity index is 2.71. The largest absolute Gasteiger partial charge is 0.411 e. The summed E-state index contributed by atoms with van der Waals surface area (Å²) in [6.07, 6.45) is -2.36. The third-order valence-electron chi connectivity index (χ3n) is 2.87. The van der Waals surface area contributed by atoms with Crippen molar-refractivity contribution in [2.24, 2.45) is 0 Å². The highest BCUT2D eigenvalue weighted by Crippen LogP contribution is 2.27. The van der Waals surface area contributed by atoms with Crippen LogP contribution in [-0.2, 0) is 4.74 Å². The maximum absolute atomic E-state index is 12.1. The van der Waals surface area contributed by atoms with Crippen LogP contribution in [0.5, 0.6) is 0 Å². The topological polar surface area (TPSA) is 39.1 Å². The van der Waals surface area contributed by atoms with Gasteiger partial charge in [-0.25, -0.2) is 0 Å². The van der Waals surface area contributed by atoms with Crippen molar-refractivity contribution in [2.45, 2.75) is 45.5 Å². The van der Waals surface area contributed by atoms with E-state index in [1.165, 1.54) is 0 Å². The van der Waals surface area contributed by atoms with Crippen LogP contribution in [0.4, 0.5) is 13.2 Å². The number of rotatable bonds is 8. The van der Waals surface area contributed by atoms with Crippen molar-refractivity contribution in [3.05, 3.63) is 16.9 Å². The molecule has 1 unspecified atom stereocenters. The van der Waals surface area contributed by atoms with Crippen LogP contribution in [0.1, 0.15) is 45.0 Å². The van der Waals surface area contributed by atoms with E-state index in [-0.39, 0.29) is 18.7 Å². The lowest BCUT2D eigenvalue weighted by atomic mass is 10.1. The van der Waals surface area contributed by atoms with E-state index in [9.17, 15) is 13.2 Å². The summed E-state index contributed by atoms with van der Waals surface area (Å²) in [6, 6.07) is -0.0783. The van der Waals surface area contributed by atoms with Crippen LogP contribution in [0.25, 0.3) is 0 Å². The Hall–Kier alpha value is -0.790. The van der Waals surface area contributed by atoms with E-state index in [2.05, 4.69) is 15.2 Å². The van der Waals surface area contributed by atoms with Crippen molar-refractivity contribution in [1.29, 1.82) is 0 Å². The first-order chi connectivity index (χ1) is 9.76. The van der Waals surface area contributed by atoms with Crippen molar-refractivity contribution >= 4 is 11.6 Å². The molecule has 8 heteroatoms. The summed E-state index contributed by atoms with van der Waals surface area (Å²) in [5.41, 5.74) is 0.782. The van der Waals surface area contributed by atoms with Gasteiger partial charge in [-0.05, 0) is 26.8 Å². The number of aromatic nitrogens is 2. The van der Waals surface area contributed by atoms with Gasteiger partial charge in [-0.2, -0.15) is 18.3 Å². The predicted molar refractivity (Wildman–Crippen MR) is 75.5 cm³/mol. The van der Waals surface area contributed by atoms with Gasteiger partial charge in [0.1, 0.15) is 6.61 Å². The molecule has 0 radical (unpaired) electrons. The molecule has 0 aliphatic carbocycles. The smallest absolute Gasteiger partial charge is 0.372 e. The zero-order valence-corrected chi connectivity index (χ0v) is 13.1. The Bertz CT molecular complexity index is 435. The van der Waals surface area contributed by atoms with Crippen LogP contribution in [0.3, 0.4) is 0 Å². The second kappa shape index (κ2) is 8.00. The van der Waals surface area contributed by atoms with E-state index in [0.717, 1.165) is 5.69 Å². The molecule has 0 aliphatic heterocycles. The van der Waals surface area contributed by atoms with Crippen LogP contribution in [0.15, 0.2) is 6.20 Å². The molecule has 0 spiro atoms. The number of nitrogens with one attached hydrogen (secondary N) is 1. The third kappa shape index (κ3) is 5.84. The molecule has 122 valence electrons. The highest BCUT2D eigenvalue weighted by molar-refractivity contribution is 6.31. The molecule has 0 fully saturated rings. The normalized spacial score (nSPS) is 13.9. The lowest BCUT2D eigenvalue weighted by Crippen LogP contribution is -2.27. The summed E-state index contributed by atoms with van der Waals surface area (Å²) < 4.78 is 42.6. The number of ether oxygens (including phenoxy) is 1. The van der Waals surface area contributed by atoms with E-state index in [1.54, 1.807) is 10.9 Å². The quantitative estimate of drug-likeness (QED) is 0.739. The Morgan fingerprint density at radius 3 is 2.62 bits per heavy atom. The van der Waals surface area contributed by atoms with Crippen molar-refractivity contribution < 1.29 is 17.9 Å². The molecule has 0 saturated carbocycles. The van der Waals surface area contributed by atoms with Gasteiger partial charge in [0.25, 0.3) is 0 Å². The second-order valence-electron chi connectivity index (χ2n) is 4.98. The number of alkyl halides is 3. The van der Waals surface area contributed by atoms with E-state index in [4.69, 9.17) is 11.6 Å². The van der Waals surface area contributed by atoms with Gasteiger partial charge in [0, 0.05) is 12.6 Å². The Morgan fingerprint density at radius 2 is 2.10 bits per heavy atom. The second-order valence-corrected chi connectivity index (χ2v) is 5.39. The predicted octanol–water partition coefficient (Wildman–Crippen LogP) is 3.74. The molecule has 1 heterocycles. The number of hydrogen-bond donors (Lipinski definition) is 1. The van der Waals surface area contributed by atoms with Gasteiger partial charge >= 0.3 is 6.18 Å². The fraction of sp³-hybridized carbons (Fsp3) is 0.769. The maximum atomic E-state index is 12.1. The minimum atomic E-state index is -4.30. The highest BCUT2D eigenvalue weighted by Gasteiger charge is 2.28. The molecule has 0 aliphatic rings. The number of hydrogen-bond acceptors (Lipinski definition) is 3. The third-order valence-corrected chi connectivity index (χ3v) is 3.16. The van der Waals surface area contributed by atoms with Gasteiger partial charge in [-0.3, -0.25) is 4.68 Å². The Kier molecular flexibility index (Phi) is 6.96. The maximum Gasteiger partial charge on any atom is 0.411 e. The first kappa shape index (κ1) is 18.3. The van der Waals surface area contributed by atoms with Crippen LogP contribution < -0.4 is 5.32 Å². The molecule has 1 rings (SSSR count). The lowest BCUT2D eigenvalue weighted by molar-refractivity contribution is -0.174. The molecule has 1 aromatic heterocycles. The highest BCUT2D eigenvalue weighted by atomic mass is 35.5. The van der Waals surface area contributed by atoms with Crippen molar-refractivity contribution in [2.75, 3.05) is 19.8 Å². The van der Waals surface area contributed by atoms with E-state index >= 15 is 0 Å². The number of nitrogens with zero attached hydrogens (tertiary/aromatic N) is 2. The molecule has 1 N–H and O–H groups in total. The summed E-state index contributed by atoms with van der Waals surface area (Å²) in [7, 11) is 0. The molecule has 21 heavy (non-hydrogen) atoms. The SMILES string of the molecule is CCNC(CCOCC(F)(F)F)c1c(Cl)cnn1C(C)C. The minimum absolute atomic E-state index is 0.00319. The van der Waals surface area contributed by atoms with Gasteiger partial charge < -0.3 is 10.1 Å². The van der Waals surface area contributed by atoms with Gasteiger partial charge in [-0.1, -0.05) is 18.5 Å². The molecule has 0 amide bonds. The van der Waals surface area contributed by atoms with Crippen LogP contribution in [-0.4, -0.2) is 35.7 Å². The first-order valence-electron chi connectivity index (χ1n) is 6.87. The monoisotopic (exact) mass is 327 g/mol. The summed E-state index contributed by atoms with van der Waals surface area (Å²) in [5.74, 6) is 0. The summed E-state index contributed by atoms with van der Waals surface area (Å²) in [4.78, 5) is 0. The van der Waals surface area contributed by atoms with Crippen LogP contribution in [0, 0.1) is 0 Å². The van der Waals surface area contributed by atoms with Gasteiger partial charge in [0.15, 0.2) is 0 Å². The summed E-state index contributed by atoms with van der Waals surface area (Å²) in [6.45, 7) is 5.29. The van der Waals surface area contributed by atoms with Crippen LogP contribution >= 0.6 is 11.6 Å². The molecule has 0 bridgehead atoms. The fourth-order valence-corrected chi connectivity index (χ4v) is 2.32. The van der Waals surface area contributed by atoms with E-state index in [0.29, 0.717) is 18.0 Å². The van der Waals surface area contributed by atoms with Crippen LogP contribution in [0.2, 0.25) is 5.02 Å². The first-order valence-corrected chi connectivity index (χ1v) is 7.24. The van der Waals surface area contributed by atoms with Crippen molar-refractivity contribution in [1.82, 2.24) is 15.1 Å². The molecule has 1 aromatic rings. The van der Waals surface area contributed by atoms with E-state index in [1.807, 2.05) is 20.8 Å². The van der Waals surface area contributed by atoms with E-state index < -0.39 is 12.8 Å². The van der Waals surface area contributed by atoms with Gasteiger partial charge in [0.2, 0.25) is 0 Å². The fourth-order valence-electron chi connectivity index (χ4n) is 2.06.